The summed E-state index contributed by atoms with van der Waals surface area (Å²) < 4.78 is 19.6. The average Bonchev–Trinajstić information content (AvgIpc) is 2.38. The highest BCUT2D eigenvalue weighted by atomic mass is 19.1. The van der Waals surface area contributed by atoms with Crippen LogP contribution in [0.5, 0.6) is 5.75 Å². The first kappa shape index (κ1) is 15.3. The summed E-state index contributed by atoms with van der Waals surface area (Å²) >= 11 is 0. The van der Waals surface area contributed by atoms with Crippen LogP contribution in [0.3, 0.4) is 0 Å². The van der Waals surface area contributed by atoms with Gasteiger partial charge in [-0.3, -0.25) is 0 Å². The standard InChI is InChI=1S/C17H26FNO/c1-5-19-15-9-11(2)8-13(4)17(15)20-16-10-14(18)7-6-12(16)3/h6-7,10-11,13,15,17,19H,5,8-9H2,1-4H3. The van der Waals surface area contributed by atoms with Gasteiger partial charge in [-0.15, -0.1) is 0 Å². The Bertz CT molecular complexity index is 449. The second-order valence-corrected chi connectivity index (χ2v) is 6.21. The molecule has 1 aliphatic carbocycles. The van der Waals surface area contributed by atoms with Gasteiger partial charge in [0, 0.05) is 12.1 Å². The molecule has 0 spiro atoms. The number of hydrogen-bond acceptors (Lipinski definition) is 2. The molecule has 1 fully saturated rings. The van der Waals surface area contributed by atoms with E-state index in [-0.39, 0.29) is 11.9 Å². The van der Waals surface area contributed by atoms with Crippen LogP contribution >= 0.6 is 0 Å². The molecule has 2 rings (SSSR count). The van der Waals surface area contributed by atoms with Crippen molar-refractivity contribution in [2.75, 3.05) is 6.54 Å². The maximum atomic E-state index is 13.4. The molecule has 0 bridgehead atoms. The van der Waals surface area contributed by atoms with Gasteiger partial charge in [-0.05, 0) is 49.8 Å². The zero-order chi connectivity index (χ0) is 14.7. The van der Waals surface area contributed by atoms with Crippen molar-refractivity contribution in [1.82, 2.24) is 5.32 Å². The van der Waals surface area contributed by atoms with Gasteiger partial charge in [-0.25, -0.2) is 4.39 Å². The molecule has 3 heteroatoms. The van der Waals surface area contributed by atoms with Crippen molar-refractivity contribution in [2.45, 2.75) is 52.7 Å². The summed E-state index contributed by atoms with van der Waals surface area (Å²) in [5.41, 5.74) is 0.993. The van der Waals surface area contributed by atoms with Crippen LogP contribution < -0.4 is 10.1 Å². The average molecular weight is 279 g/mol. The largest absolute Gasteiger partial charge is 0.488 e. The smallest absolute Gasteiger partial charge is 0.126 e. The summed E-state index contributed by atoms with van der Waals surface area (Å²) in [6.07, 6.45) is 2.41. The molecule has 0 radical (unpaired) electrons. The fourth-order valence-electron chi connectivity index (χ4n) is 3.34. The molecule has 1 N–H and O–H groups in total. The Kier molecular flexibility index (Phi) is 5.03. The van der Waals surface area contributed by atoms with E-state index in [1.807, 2.05) is 6.92 Å². The highest BCUT2D eigenvalue weighted by Crippen LogP contribution is 2.33. The van der Waals surface area contributed by atoms with Gasteiger partial charge in [0.15, 0.2) is 0 Å². The van der Waals surface area contributed by atoms with Crippen molar-refractivity contribution in [2.24, 2.45) is 11.8 Å². The second kappa shape index (κ2) is 6.57. The van der Waals surface area contributed by atoms with E-state index in [1.54, 1.807) is 6.07 Å². The molecule has 1 aliphatic rings. The van der Waals surface area contributed by atoms with E-state index in [2.05, 4.69) is 26.1 Å². The van der Waals surface area contributed by atoms with E-state index in [4.69, 9.17) is 4.74 Å². The van der Waals surface area contributed by atoms with E-state index in [9.17, 15) is 4.39 Å². The van der Waals surface area contributed by atoms with Gasteiger partial charge in [-0.1, -0.05) is 26.8 Å². The van der Waals surface area contributed by atoms with Gasteiger partial charge in [-0.2, -0.15) is 0 Å². The number of halogens is 1. The normalized spacial score (nSPS) is 30.2. The summed E-state index contributed by atoms with van der Waals surface area (Å²) in [6, 6.07) is 5.11. The number of hydrogen-bond donors (Lipinski definition) is 1. The summed E-state index contributed by atoms with van der Waals surface area (Å²) in [6.45, 7) is 9.55. The van der Waals surface area contributed by atoms with Gasteiger partial charge in [0.1, 0.15) is 17.7 Å². The Morgan fingerprint density at radius 2 is 2.05 bits per heavy atom. The van der Waals surface area contributed by atoms with E-state index in [0.29, 0.717) is 23.6 Å². The Labute approximate surface area is 121 Å². The molecular weight excluding hydrogens is 253 g/mol. The van der Waals surface area contributed by atoms with Gasteiger partial charge < -0.3 is 10.1 Å². The van der Waals surface area contributed by atoms with Gasteiger partial charge >= 0.3 is 0 Å². The van der Waals surface area contributed by atoms with Crippen molar-refractivity contribution in [3.63, 3.8) is 0 Å². The van der Waals surface area contributed by atoms with Gasteiger partial charge in [0.05, 0.1) is 0 Å². The summed E-state index contributed by atoms with van der Waals surface area (Å²) in [5, 5.41) is 3.53. The predicted octanol–water partition coefficient (Wildman–Crippen LogP) is 3.93. The van der Waals surface area contributed by atoms with Crippen LogP contribution in [-0.4, -0.2) is 18.7 Å². The molecule has 1 saturated carbocycles. The van der Waals surface area contributed by atoms with Crippen LogP contribution in [-0.2, 0) is 0 Å². The molecule has 0 amide bonds. The summed E-state index contributed by atoms with van der Waals surface area (Å²) in [5.74, 6) is 1.63. The number of rotatable bonds is 4. The zero-order valence-corrected chi connectivity index (χ0v) is 12.9. The molecule has 2 nitrogen and oxygen atoms in total. The van der Waals surface area contributed by atoms with Crippen molar-refractivity contribution >= 4 is 0 Å². The third kappa shape index (κ3) is 3.51. The lowest BCUT2D eigenvalue weighted by Crippen LogP contribution is -2.50. The fourth-order valence-corrected chi connectivity index (χ4v) is 3.34. The van der Waals surface area contributed by atoms with E-state index in [1.165, 1.54) is 18.6 Å². The zero-order valence-electron chi connectivity index (χ0n) is 12.9. The Morgan fingerprint density at radius 3 is 2.75 bits per heavy atom. The lowest BCUT2D eigenvalue weighted by Gasteiger charge is -2.40. The van der Waals surface area contributed by atoms with E-state index in [0.717, 1.165) is 18.5 Å². The number of likely N-dealkylation sites (N-methyl/N-ethyl adjacent to an activating group) is 1. The fraction of sp³-hybridized carbons (Fsp3) is 0.647. The minimum absolute atomic E-state index is 0.117. The molecular formula is C17H26FNO. The maximum absolute atomic E-state index is 13.4. The monoisotopic (exact) mass is 279 g/mol. The molecule has 20 heavy (non-hydrogen) atoms. The van der Waals surface area contributed by atoms with Crippen LogP contribution in [0, 0.1) is 24.6 Å². The van der Waals surface area contributed by atoms with Crippen LogP contribution in [0.1, 0.15) is 39.2 Å². The van der Waals surface area contributed by atoms with Crippen molar-refractivity contribution < 1.29 is 9.13 Å². The van der Waals surface area contributed by atoms with Crippen molar-refractivity contribution in [1.29, 1.82) is 0 Å². The highest BCUT2D eigenvalue weighted by molar-refractivity contribution is 5.33. The minimum Gasteiger partial charge on any atom is -0.488 e. The molecule has 0 aromatic heterocycles. The minimum atomic E-state index is -0.234. The van der Waals surface area contributed by atoms with Crippen LogP contribution in [0.15, 0.2) is 18.2 Å². The van der Waals surface area contributed by atoms with Crippen molar-refractivity contribution in [3.05, 3.63) is 29.6 Å². The number of nitrogens with one attached hydrogen (secondary N) is 1. The lowest BCUT2D eigenvalue weighted by atomic mass is 9.78. The Morgan fingerprint density at radius 1 is 1.30 bits per heavy atom. The van der Waals surface area contributed by atoms with Gasteiger partial charge in [0.25, 0.3) is 0 Å². The quantitative estimate of drug-likeness (QED) is 0.902. The van der Waals surface area contributed by atoms with E-state index >= 15 is 0 Å². The number of benzene rings is 1. The van der Waals surface area contributed by atoms with Crippen LogP contribution in [0.25, 0.3) is 0 Å². The SMILES string of the molecule is CCNC1CC(C)CC(C)C1Oc1cc(F)ccc1C. The third-order valence-electron chi connectivity index (χ3n) is 4.27. The molecule has 112 valence electrons. The third-order valence-corrected chi connectivity index (χ3v) is 4.27. The molecule has 0 saturated heterocycles. The number of ether oxygens (including phenoxy) is 1. The lowest BCUT2D eigenvalue weighted by molar-refractivity contribution is 0.0476. The molecule has 0 heterocycles. The molecule has 1 aromatic carbocycles. The van der Waals surface area contributed by atoms with Crippen LogP contribution in [0.2, 0.25) is 0 Å². The summed E-state index contributed by atoms with van der Waals surface area (Å²) in [7, 11) is 0. The predicted molar refractivity (Wildman–Crippen MR) is 80.6 cm³/mol. The van der Waals surface area contributed by atoms with Crippen LogP contribution in [0.4, 0.5) is 4.39 Å². The maximum Gasteiger partial charge on any atom is 0.126 e. The number of aryl methyl sites for hydroxylation is 1. The highest BCUT2D eigenvalue weighted by Gasteiger charge is 2.35. The molecule has 4 unspecified atom stereocenters. The van der Waals surface area contributed by atoms with Gasteiger partial charge in [0.2, 0.25) is 0 Å². The first-order valence-electron chi connectivity index (χ1n) is 7.67. The first-order valence-corrected chi connectivity index (χ1v) is 7.67. The van der Waals surface area contributed by atoms with Crippen molar-refractivity contribution in [3.8, 4) is 5.75 Å². The topological polar surface area (TPSA) is 21.3 Å². The molecule has 4 atom stereocenters. The Balaban J connectivity index is 2.17. The molecule has 1 aromatic rings. The Hall–Kier alpha value is -1.09. The van der Waals surface area contributed by atoms with E-state index < -0.39 is 0 Å². The second-order valence-electron chi connectivity index (χ2n) is 6.21. The molecule has 0 aliphatic heterocycles. The summed E-state index contributed by atoms with van der Waals surface area (Å²) in [4.78, 5) is 0. The first-order chi connectivity index (χ1) is 9.51.